The van der Waals surface area contributed by atoms with Crippen molar-refractivity contribution in [2.75, 3.05) is 57.3 Å². The lowest BCUT2D eigenvalue weighted by Gasteiger charge is -2.36. The predicted molar refractivity (Wildman–Crippen MR) is 106 cm³/mol. The molecule has 1 amide bonds. The minimum Gasteiger partial charge on any atom is -0.369 e. The fourth-order valence-corrected chi connectivity index (χ4v) is 3.61. The second-order valence-electron chi connectivity index (χ2n) is 6.83. The number of hydrogen-bond acceptors (Lipinski definition) is 4. The number of para-hydroxylation sites is 1. The van der Waals surface area contributed by atoms with Crippen LogP contribution < -0.4 is 15.5 Å². The average molecular weight is 367 g/mol. The highest BCUT2D eigenvalue weighted by Gasteiger charge is 2.20. The minimum atomic E-state index is 0. The number of carbonyl (C=O) groups excluding carboxylic acids is 1. The lowest BCUT2D eigenvalue weighted by atomic mass is 9.97. The van der Waals surface area contributed by atoms with E-state index in [2.05, 4.69) is 50.8 Å². The maximum atomic E-state index is 12.1. The number of rotatable bonds is 6. The largest absolute Gasteiger partial charge is 0.369 e. The number of hydrogen-bond donors (Lipinski definition) is 2. The Balaban J connectivity index is 0.00000225. The van der Waals surface area contributed by atoms with Crippen molar-refractivity contribution in [3.8, 4) is 0 Å². The lowest BCUT2D eigenvalue weighted by Crippen LogP contribution is -2.47. The molecule has 0 saturated carbocycles. The second-order valence-corrected chi connectivity index (χ2v) is 6.83. The Morgan fingerprint density at radius 2 is 1.76 bits per heavy atom. The monoisotopic (exact) mass is 366 g/mol. The molecular formula is C19H31ClN4O. The van der Waals surface area contributed by atoms with Crippen LogP contribution in [-0.2, 0) is 4.79 Å². The van der Waals surface area contributed by atoms with Gasteiger partial charge in [-0.2, -0.15) is 0 Å². The van der Waals surface area contributed by atoms with Gasteiger partial charge in [-0.15, -0.1) is 12.4 Å². The summed E-state index contributed by atoms with van der Waals surface area (Å²) in [5.74, 6) is 0.478. The van der Waals surface area contributed by atoms with Crippen LogP contribution in [-0.4, -0.2) is 63.2 Å². The van der Waals surface area contributed by atoms with Crippen LogP contribution in [0, 0.1) is 5.92 Å². The van der Waals surface area contributed by atoms with Gasteiger partial charge in [0.15, 0.2) is 0 Å². The van der Waals surface area contributed by atoms with Crippen LogP contribution in [0.2, 0.25) is 0 Å². The van der Waals surface area contributed by atoms with Gasteiger partial charge in [0.05, 0.1) is 0 Å². The summed E-state index contributed by atoms with van der Waals surface area (Å²) in [6.07, 6.45) is 3.00. The molecule has 6 heteroatoms. The molecule has 2 saturated heterocycles. The highest BCUT2D eigenvalue weighted by Crippen LogP contribution is 2.15. The normalized spacial score (nSPS) is 19.3. The molecule has 3 rings (SSSR count). The van der Waals surface area contributed by atoms with Crippen molar-refractivity contribution in [3.63, 3.8) is 0 Å². The third-order valence-corrected chi connectivity index (χ3v) is 5.15. The second kappa shape index (κ2) is 10.6. The SMILES string of the molecule is Cl.O=C(NCCCN1CCN(c2ccccc2)CC1)C1CCNCC1. The third-order valence-electron chi connectivity index (χ3n) is 5.15. The van der Waals surface area contributed by atoms with Gasteiger partial charge >= 0.3 is 0 Å². The topological polar surface area (TPSA) is 47.6 Å². The molecule has 1 aromatic rings. The predicted octanol–water partition coefficient (Wildman–Crippen LogP) is 1.74. The Kier molecular flexibility index (Phi) is 8.52. The van der Waals surface area contributed by atoms with E-state index < -0.39 is 0 Å². The number of piperidine rings is 1. The van der Waals surface area contributed by atoms with E-state index in [4.69, 9.17) is 0 Å². The van der Waals surface area contributed by atoms with Gasteiger partial charge in [0, 0.05) is 44.3 Å². The lowest BCUT2D eigenvalue weighted by molar-refractivity contribution is -0.125. The van der Waals surface area contributed by atoms with Gasteiger partial charge in [-0.25, -0.2) is 0 Å². The average Bonchev–Trinajstić information content (AvgIpc) is 2.67. The third kappa shape index (κ3) is 6.17. The first-order valence-electron chi connectivity index (χ1n) is 9.34. The zero-order valence-electron chi connectivity index (χ0n) is 15.0. The van der Waals surface area contributed by atoms with E-state index in [0.717, 1.165) is 71.6 Å². The van der Waals surface area contributed by atoms with Gasteiger partial charge in [0.1, 0.15) is 0 Å². The molecule has 0 spiro atoms. The summed E-state index contributed by atoms with van der Waals surface area (Å²) in [6.45, 7) is 8.23. The number of amides is 1. The van der Waals surface area contributed by atoms with Gasteiger partial charge in [-0.05, 0) is 51.0 Å². The molecule has 0 radical (unpaired) electrons. The summed E-state index contributed by atoms with van der Waals surface area (Å²) in [4.78, 5) is 17.1. The van der Waals surface area contributed by atoms with Gasteiger partial charge in [-0.3, -0.25) is 9.69 Å². The van der Waals surface area contributed by atoms with Crippen LogP contribution in [0.3, 0.4) is 0 Å². The molecule has 0 atom stereocenters. The highest BCUT2D eigenvalue weighted by molar-refractivity contribution is 5.85. The van der Waals surface area contributed by atoms with Crippen molar-refractivity contribution in [1.82, 2.24) is 15.5 Å². The van der Waals surface area contributed by atoms with Gasteiger partial charge in [0.25, 0.3) is 0 Å². The van der Waals surface area contributed by atoms with Crippen LogP contribution >= 0.6 is 12.4 Å². The van der Waals surface area contributed by atoms with Gasteiger partial charge in [0.2, 0.25) is 5.91 Å². The molecule has 5 nitrogen and oxygen atoms in total. The molecule has 0 unspecified atom stereocenters. The van der Waals surface area contributed by atoms with E-state index in [1.54, 1.807) is 0 Å². The first-order chi connectivity index (χ1) is 11.8. The number of halogens is 1. The Hall–Kier alpha value is -1.30. The van der Waals surface area contributed by atoms with Crippen molar-refractivity contribution >= 4 is 24.0 Å². The molecule has 2 heterocycles. The van der Waals surface area contributed by atoms with Crippen molar-refractivity contribution in [3.05, 3.63) is 30.3 Å². The van der Waals surface area contributed by atoms with Crippen LogP contribution in [0.15, 0.2) is 30.3 Å². The van der Waals surface area contributed by atoms with Crippen LogP contribution in [0.25, 0.3) is 0 Å². The summed E-state index contributed by atoms with van der Waals surface area (Å²) in [6, 6.07) is 10.6. The van der Waals surface area contributed by atoms with E-state index in [1.165, 1.54) is 5.69 Å². The van der Waals surface area contributed by atoms with Crippen LogP contribution in [0.1, 0.15) is 19.3 Å². The number of carbonyl (C=O) groups is 1. The maximum absolute atomic E-state index is 12.1. The van der Waals surface area contributed by atoms with Gasteiger partial charge in [-0.1, -0.05) is 18.2 Å². The Bertz CT molecular complexity index is 499. The van der Waals surface area contributed by atoms with E-state index in [9.17, 15) is 4.79 Å². The first-order valence-corrected chi connectivity index (χ1v) is 9.34. The maximum Gasteiger partial charge on any atom is 0.223 e. The number of piperazine rings is 1. The summed E-state index contributed by atoms with van der Waals surface area (Å²) in [7, 11) is 0. The summed E-state index contributed by atoms with van der Waals surface area (Å²) < 4.78 is 0. The number of nitrogens with zero attached hydrogens (tertiary/aromatic N) is 2. The van der Waals surface area contributed by atoms with E-state index in [0.29, 0.717) is 0 Å². The molecule has 0 bridgehead atoms. The molecule has 2 aliphatic rings. The van der Waals surface area contributed by atoms with Crippen molar-refractivity contribution in [2.24, 2.45) is 5.92 Å². The quantitative estimate of drug-likeness (QED) is 0.753. The fourth-order valence-electron chi connectivity index (χ4n) is 3.61. The highest BCUT2D eigenvalue weighted by atomic mass is 35.5. The number of nitrogens with one attached hydrogen (secondary N) is 2. The summed E-state index contributed by atoms with van der Waals surface area (Å²) in [5, 5.41) is 6.43. The van der Waals surface area contributed by atoms with Gasteiger partial charge < -0.3 is 15.5 Å². The Morgan fingerprint density at radius 3 is 2.44 bits per heavy atom. The molecule has 1 aromatic carbocycles. The molecule has 2 aliphatic heterocycles. The van der Waals surface area contributed by atoms with Crippen molar-refractivity contribution < 1.29 is 4.79 Å². The Labute approximate surface area is 157 Å². The van der Waals surface area contributed by atoms with Crippen molar-refractivity contribution in [2.45, 2.75) is 19.3 Å². The fraction of sp³-hybridized carbons (Fsp3) is 0.632. The molecular weight excluding hydrogens is 336 g/mol. The molecule has 0 aliphatic carbocycles. The zero-order valence-corrected chi connectivity index (χ0v) is 15.8. The number of anilines is 1. The smallest absolute Gasteiger partial charge is 0.223 e. The van der Waals surface area contributed by atoms with Crippen LogP contribution in [0.4, 0.5) is 5.69 Å². The van der Waals surface area contributed by atoms with E-state index in [-0.39, 0.29) is 24.2 Å². The standard InChI is InChI=1S/C19H30N4O.ClH/c24-19(17-7-10-20-11-8-17)21-9-4-12-22-13-15-23(16-14-22)18-5-2-1-3-6-18;/h1-3,5-6,17,20H,4,7-16H2,(H,21,24);1H. The zero-order chi connectivity index (χ0) is 16.6. The van der Waals surface area contributed by atoms with Crippen molar-refractivity contribution in [1.29, 1.82) is 0 Å². The molecule has 2 fully saturated rings. The molecule has 140 valence electrons. The summed E-state index contributed by atoms with van der Waals surface area (Å²) >= 11 is 0. The minimum absolute atomic E-state index is 0. The van der Waals surface area contributed by atoms with E-state index in [1.807, 2.05) is 0 Å². The molecule has 2 N–H and O–H groups in total. The Morgan fingerprint density at radius 1 is 1.08 bits per heavy atom. The molecule has 0 aromatic heterocycles. The van der Waals surface area contributed by atoms with Crippen LogP contribution in [0.5, 0.6) is 0 Å². The molecule has 25 heavy (non-hydrogen) atoms. The van der Waals surface area contributed by atoms with E-state index >= 15 is 0 Å². The number of benzene rings is 1. The first kappa shape index (κ1) is 20.0. The summed E-state index contributed by atoms with van der Waals surface area (Å²) in [5.41, 5.74) is 1.33.